The van der Waals surface area contributed by atoms with Crippen molar-refractivity contribution in [3.8, 4) is 0 Å². The lowest BCUT2D eigenvalue weighted by Gasteiger charge is -2.24. The summed E-state index contributed by atoms with van der Waals surface area (Å²) in [5.41, 5.74) is -0.750. The van der Waals surface area contributed by atoms with Gasteiger partial charge in [-0.15, -0.1) is 0 Å². The molecule has 21 heavy (non-hydrogen) atoms. The van der Waals surface area contributed by atoms with Crippen LogP contribution in [0.2, 0.25) is 0 Å². The van der Waals surface area contributed by atoms with Crippen molar-refractivity contribution in [2.24, 2.45) is 0 Å². The molecule has 0 amide bonds. The van der Waals surface area contributed by atoms with E-state index in [2.05, 4.69) is 0 Å². The number of esters is 2. The average Bonchev–Trinajstić information content (AvgIpc) is 2.94. The van der Waals surface area contributed by atoms with Gasteiger partial charge in [-0.1, -0.05) is 34.9 Å². The number of carbonyl (C=O) groups is 2. The first kappa shape index (κ1) is 18.7. The molecule has 4 nitrogen and oxygen atoms in total. The van der Waals surface area contributed by atoms with Crippen LogP contribution in [0.5, 0.6) is 0 Å². The lowest BCUT2D eigenvalue weighted by molar-refractivity contribution is -0.168. The van der Waals surface area contributed by atoms with Crippen molar-refractivity contribution < 1.29 is 19.1 Å². The van der Waals surface area contributed by atoms with Crippen molar-refractivity contribution >= 4 is 33.5 Å². The fourth-order valence-corrected chi connectivity index (χ4v) is 4.97. The second-order valence-corrected chi connectivity index (χ2v) is 8.61. The Morgan fingerprint density at radius 3 is 2.62 bits per heavy atom. The molecule has 0 aliphatic carbocycles. The molecule has 1 saturated heterocycles. The van der Waals surface area contributed by atoms with E-state index < -0.39 is 5.60 Å². The zero-order valence-corrected chi connectivity index (χ0v) is 14.8. The summed E-state index contributed by atoms with van der Waals surface area (Å²) in [6.07, 6.45) is 5.19. The summed E-state index contributed by atoms with van der Waals surface area (Å²) in [6.45, 7) is 5.36. The molecule has 1 heterocycles. The highest BCUT2D eigenvalue weighted by molar-refractivity contribution is 8.77. The second kappa shape index (κ2) is 9.62. The fraction of sp³-hybridized carbons (Fsp3) is 0.867. The van der Waals surface area contributed by atoms with E-state index in [0.29, 0.717) is 12.8 Å². The van der Waals surface area contributed by atoms with E-state index in [1.165, 1.54) is 18.6 Å². The first-order valence-electron chi connectivity index (χ1n) is 7.58. The van der Waals surface area contributed by atoms with Gasteiger partial charge in [0.1, 0.15) is 12.2 Å². The third-order valence-electron chi connectivity index (χ3n) is 3.14. The van der Waals surface area contributed by atoms with E-state index in [0.717, 1.165) is 18.1 Å². The maximum Gasteiger partial charge on any atom is 0.306 e. The van der Waals surface area contributed by atoms with Gasteiger partial charge in [-0.3, -0.25) is 9.59 Å². The molecule has 1 aliphatic heterocycles. The standard InChI is InChI=1S/C15H26O4S2/c1-4-13(16)19-15(2,3)11-18-14(17)8-6-5-7-12-9-10-20-21-12/h12H,4-11H2,1-3H3/t12-/m1/s1. The third-order valence-corrected chi connectivity index (χ3v) is 6.15. The molecule has 1 fully saturated rings. The smallest absolute Gasteiger partial charge is 0.306 e. The van der Waals surface area contributed by atoms with Crippen molar-refractivity contribution in [3.05, 3.63) is 0 Å². The van der Waals surface area contributed by atoms with Crippen LogP contribution < -0.4 is 0 Å². The van der Waals surface area contributed by atoms with Crippen LogP contribution in [-0.4, -0.2) is 35.1 Å². The highest BCUT2D eigenvalue weighted by Crippen LogP contribution is 2.39. The largest absolute Gasteiger partial charge is 0.461 e. The molecule has 0 spiro atoms. The Labute approximate surface area is 135 Å². The van der Waals surface area contributed by atoms with Gasteiger partial charge in [0.25, 0.3) is 0 Å². The van der Waals surface area contributed by atoms with Gasteiger partial charge in [0.2, 0.25) is 0 Å². The van der Waals surface area contributed by atoms with Crippen LogP contribution in [0.4, 0.5) is 0 Å². The fourth-order valence-electron chi connectivity index (χ4n) is 1.94. The van der Waals surface area contributed by atoms with E-state index >= 15 is 0 Å². The van der Waals surface area contributed by atoms with Crippen molar-refractivity contribution in [2.75, 3.05) is 12.4 Å². The van der Waals surface area contributed by atoms with E-state index in [1.807, 2.05) is 21.6 Å². The van der Waals surface area contributed by atoms with Crippen LogP contribution in [0, 0.1) is 0 Å². The van der Waals surface area contributed by atoms with Gasteiger partial charge in [-0.2, -0.15) is 0 Å². The molecule has 0 N–H and O–H groups in total. The van der Waals surface area contributed by atoms with Crippen molar-refractivity contribution in [1.29, 1.82) is 0 Å². The Morgan fingerprint density at radius 1 is 1.24 bits per heavy atom. The van der Waals surface area contributed by atoms with Gasteiger partial charge >= 0.3 is 11.9 Å². The Kier molecular flexibility index (Phi) is 8.56. The monoisotopic (exact) mass is 334 g/mol. The lowest BCUT2D eigenvalue weighted by Crippen LogP contribution is -2.34. The average molecular weight is 335 g/mol. The van der Waals surface area contributed by atoms with Crippen LogP contribution in [0.1, 0.15) is 59.3 Å². The molecule has 0 aromatic rings. The van der Waals surface area contributed by atoms with E-state index in [9.17, 15) is 9.59 Å². The number of rotatable bonds is 9. The predicted molar refractivity (Wildman–Crippen MR) is 88.3 cm³/mol. The van der Waals surface area contributed by atoms with E-state index in [4.69, 9.17) is 9.47 Å². The SMILES string of the molecule is CCC(=O)OC(C)(C)COC(=O)CCCC[C@@H]1CCSS1. The molecule has 0 saturated carbocycles. The summed E-state index contributed by atoms with van der Waals surface area (Å²) in [7, 11) is 3.92. The third kappa shape index (κ3) is 8.61. The van der Waals surface area contributed by atoms with Crippen LogP contribution in [0.15, 0.2) is 0 Å². The maximum absolute atomic E-state index is 11.7. The summed E-state index contributed by atoms with van der Waals surface area (Å²) < 4.78 is 10.4. The molecular weight excluding hydrogens is 308 g/mol. The summed E-state index contributed by atoms with van der Waals surface area (Å²) in [5.74, 6) is 0.773. The topological polar surface area (TPSA) is 52.6 Å². The molecule has 0 unspecified atom stereocenters. The molecule has 1 aliphatic rings. The van der Waals surface area contributed by atoms with Crippen LogP contribution >= 0.6 is 21.6 Å². The van der Waals surface area contributed by atoms with E-state index in [1.54, 1.807) is 20.8 Å². The van der Waals surface area contributed by atoms with Gasteiger partial charge < -0.3 is 9.47 Å². The summed E-state index contributed by atoms with van der Waals surface area (Å²) in [5, 5.41) is 0.762. The first-order valence-corrected chi connectivity index (χ1v) is 9.97. The summed E-state index contributed by atoms with van der Waals surface area (Å²) in [4.78, 5) is 22.9. The molecule has 0 bridgehead atoms. The molecule has 1 atom stereocenters. The number of hydrogen-bond acceptors (Lipinski definition) is 6. The van der Waals surface area contributed by atoms with Crippen molar-refractivity contribution in [3.63, 3.8) is 0 Å². The van der Waals surface area contributed by atoms with Crippen LogP contribution in [-0.2, 0) is 19.1 Å². The molecule has 122 valence electrons. The number of carbonyl (C=O) groups excluding carboxylic acids is 2. The Bertz CT molecular complexity index is 339. The normalized spacial score (nSPS) is 18.5. The minimum Gasteiger partial charge on any atom is -0.461 e. The maximum atomic E-state index is 11.7. The van der Waals surface area contributed by atoms with Crippen LogP contribution in [0.25, 0.3) is 0 Å². The highest BCUT2D eigenvalue weighted by Gasteiger charge is 2.24. The second-order valence-electron chi connectivity index (χ2n) is 5.82. The van der Waals surface area contributed by atoms with Gasteiger partial charge in [-0.25, -0.2) is 0 Å². The summed E-state index contributed by atoms with van der Waals surface area (Å²) in [6, 6.07) is 0. The van der Waals surface area contributed by atoms with Crippen molar-refractivity contribution in [2.45, 2.75) is 70.1 Å². The minimum absolute atomic E-state index is 0.118. The number of ether oxygens (including phenoxy) is 2. The number of unbranched alkanes of at least 4 members (excludes halogenated alkanes) is 1. The Hall–Kier alpha value is -0.360. The molecule has 0 radical (unpaired) electrons. The lowest BCUT2D eigenvalue weighted by atomic mass is 10.1. The van der Waals surface area contributed by atoms with E-state index in [-0.39, 0.29) is 18.5 Å². The van der Waals surface area contributed by atoms with Crippen LogP contribution in [0.3, 0.4) is 0 Å². The van der Waals surface area contributed by atoms with Gasteiger partial charge in [-0.05, 0) is 33.1 Å². The molecular formula is C15H26O4S2. The zero-order valence-electron chi connectivity index (χ0n) is 13.2. The molecule has 1 rings (SSSR count). The molecule has 0 aromatic carbocycles. The zero-order chi connectivity index (χ0) is 15.7. The van der Waals surface area contributed by atoms with Gasteiger partial charge in [0.15, 0.2) is 0 Å². The Morgan fingerprint density at radius 2 is 2.00 bits per heavy atom. The molecule has 6 heteroatoms. The van der Waals surface area contributed by atoms with Crippen molar-refractivity contribution in [1.82, 2.24) is 0 Å². The quantitative estimate of drug-likeness (QED) is 0.361. The summed E-state index contributed by atoms with van der Waals surface area (Å²) >= 11 is 0. The van der Waals surface area contributed by atoms with Gasteiger partial charge in [0, 0.05) is 23.8 Å². The molecule has 0 aromatic heterocycles. The first-order chi connectivity index (χ1) is 9.93. The highest BCUT2D eigenvalue weighted by atomic mass is 33.1. The minimum atomic E-state index is -0.750. The number of hydrogen-bond donors (Lipinski definition) is 0. The van der Waals surface area contributed by atoms with Gasteiger partial charge in [0.05, 0.1) is 0 Å². The Balaban J connectivity index is 2.08. The predicted octanol–water partition coefficient (Wildman–Crippen LogP) is 3.98.